The van der Waals surface area contributed by atoms with Gasteiger partial charge in [0.15, 0.2) is 0 Å². The van der Waals surface area contributed by atoms with Gasteiger partial charge in [0, 0.05) is 13.1 Å². The number of aliphatic hydroxyl groups excluding tert-OH is 10. The Labute approximate surface area is 146 Å². The topological polar surface area (TPSA) is 206 Å². The average molecular weight is 370 g/mol. The van der Waals surface area contributed by atoms with Crippen molar-refractivity contribution in [1.82, 2.24) is 4.81 Å². The van der Waals surface area contributed by atoms with Gasteiger partial charge in [0.25, 0.3) is 0 Å². The van der Waals surface area contributed by atoms with E-state index in [2.05, 4.69) is 0 Å². The molecule has 25 heavy (non-hydrogen) atoms. The Bertz CT molecular complexity index is 325. The van der Waals surface area contributed by atoms with E-state index in [-0.39, 0.29) is 13.1 Å². The van der Waals surface area contributed by atoms with E-state index >= 15 is 0 Å². The molecule has 1 radical (unpaired) electrons. The molecular formula is C13H29BNO10. The molecule has 0 aliphatic carbocycles. The first-order valence-electron chi connectivity index (χ1n) is 7.80. The van der Waals surface area contributed by atoms with Crippen molar-refractivity contribution in [1.29, 1.82) is 0 Å². The lowest BCUT2D eigenvalue weighted by Crippen LogP contribution is -2.53. The highest BCUT2D eigenvalue weighted by atomic mass is 16.4. The molecule has 0 saturated heterocycles. The van der Waals surface area contributed by atoms with Crippen LogP contribution in [-0.2, 0) is 0 Å². The normalized spacial score (nSPS) is 21.9. The molecule has 0 bridgehead atoms. The number of hydrogen-bond donors (Lipinski definition) is 10. The second-order valence-corrected chi connectivity index (χ2v) is 5.81. The summed E-state index contributed by atoms with van der Waals surface area (Å²) in [4.78, 5) is 1.26. The number of aliphatic hydroxyl groups is 10. The van der Waals surface area contributed by atoms with Gasteiger partial charge in [-0.3, -0.25) is 0 Å². The van der Waals surface area contributed by atoms with E-state index in [4.69, 9.17) is 10.2 Å². The fourth-order valence-corrected chi connectivity index (χ4v) is 2.11. The van der Waals surface area contributed by atoms with Crippen LogP contribution in [0.15, 0.2) is 0 Å². The minimum Gasteiger partial charge on any atom is -0.394 e. The van der Waals surface area contributed by atoms with E-state index in [1.54, 1.807) is 0 Å². The number of rotatable bonds is 13. The minimum absolute atomic E-state index is 0.310. The van der Waals surface area contributed by atoms with Crippen molar-refractivity contribution < 1.29 is 51.1 Å². The van der Waals surface area contributed by atoms with Crippen molar-refractivity contribution in [3.63, 3.8) is 0 Å². The van der Waals surface area contributed by atoms with Gasteiger partial charge >= 0.3 is 0 Å². The summed E-state index contributed by atoms with van der Waals surface area (Å²) in [7, 11) is 1.40. The van der Waals surface area contributed by atoms with Gasteiger partial charge in [0.05, 0.1) is 25.4 Å². The van der Waals surface area contributed by atoms with Crippen LogP contribution in [0.2, 0.25) is 6.82 Å². The first-order chi connectivity index (χ1) is 11.6. The third-order valence-electron chi connectivity index (χ3n) is 3.86. The molecule has 0 heterocycles. The Hall–Kier alpha value is -0.375. The van der Waals surface area contributed by atoms with Gasteiger partial charge < -0.3 is 55.9 Å². The molecule has 0 aliphatic heterocycles. The summed E-state index contributed by atoms with van der Waals surface area (Å²) in [6.07, 6.45) is -13.6. The first kappa shape index (κ1) is 24.6. The zero-order valence-electron chi connectivity index (χ0n) is 13.9. The number of hydrogen-bond acceptors (Lipinski definition) is 11. The highest BCUT2D eigenvalue weighted by Gasteiger charge is 2.33. The van der Waals surface area contributed by atoms with E-state index in [0.717, 1.165) is 0 Å². The van der Waals surface area contributed by atoms with Crippen molar-refractivity contribution in [3.8, 4) is 0 Å². The van der Waals surface area contributed by atoms with Crippen LogP contribution in [0.3, 0.4) is 0 Å². The highest BCUT2D eigenvalue weighted by Crippen LogP contribution is 2.10. The summed E-state index contributed by atoms with van der Waals surface area (Å²) in [5, 5.41) is 94.3. The molecule has 11 nitrogen and oxygen atoms in total. The Morgan fingerprint density at radius 2 is 0.880 bits per heavy atom. The highest BCUT2D eigenvalue weighted by molar-refractivity contribution is 6.29. The average Bonchev–Trinajstić information content (AvgIpc) is 2.62. The zero-order valence-corrected chi connectivity index (χ0v) is 13.9. The molecule has 0 fully saturated rings. The van der Waals surface area contributed by atoms with Crippen LogP contribution in [0.25, 0.3) is 0 Å². The molecule has 0 aromatic rings. The van der Waals surface area contributed by atoms with Crippen molar-refractivity contribution >= 4 is 7.41 Å². The molecule has 10 N–H and O–H groups in total. The summed E-state index contributed by atoms with van der Waals surface area (Å²) in [5.41, 5.74) is 0. The fraction of sp³-hybridized carbons (Fsp3) is 1.00. The maximum atomic E-state index is 9.89. The van der Waals surface area contributed by atoms with Gasteiger partial charge in [0.2, 0.25) is 7.41 Å². The van der Waals surface area contributed by atoms with Crippen LogP contribution >= 0.6 is 0 Å². The molecule has 0 spiro atoms. The van der Waals surface area contributed by atoms with Gasteiger partial charge in [-0.15, -0.1) is 0 Å². The van der Waals surface area contributed by atoms with E-state index < -0.39 is 62.0 Å². The summed E-state index contributed by atoms with van der Waals surface area (Å²) in [6.45, 7) is -0.726. The van der Waals surface area contributed by atoms with Crippen LogP contribution in [-0.4, -0.2) is 138 Å². The number of nitrogens with zero attached hydrogens (tertiary/aromatic N) is 1. The van der Waals surface area contributed by atoms with E-state index in [0.29, 0.717) is 0 Å². The summed E-state index contributed by atoms with van der Waals surface area (Å²) in [5.74, 6) is 0. The summed E-state index contributed by atoms with van der Waals surface area (Å²) < 4.78 is 0. The third kappa shape index (κ3) is 7.80. The van der Waals surface area contributed by atoms with Crippen molar-refractivity contribution in [2.24, 2.45) is 0 Å². The minimum atomic E-state index is -1.80. The van der Waals surface area contributed by atoms with E-state index in [9.17, 15) is 40.9 Å². The third-order valence-corrected chi connectivity index (χ3v) is 3.86. The Morgan fingerprint density at radius 1 is 0.600 bits per heavy atom. The second-order valence-electron chi connectivity index (χ2n) is 5.81. The van der Waals surface area contributed by atoms with Crippen LogP contribution in [0.1, 0.15) is 0 Å². The maximum Gasteiger partial charge on any atom is 0.205 e. The molecular weight excluding hydrogens is 341 g/mol. The molecule has 0 amide bonds. The predicted octanol–water partition coefficient (Wildman–Crippen LogP) is -6.17. The summed E-state index contributed by atoms with van der Waals surface area (Å²) >= 11 is 0. The van der Waals surface area contributed by atoms with Crippen molar-refractivity contribution in [3.05, 3.63) is 0 Å². The summed E-state index contributed by atoms with van der Waals surface area (Å²) in [6, 6.07) is 0. The lowest BCUT2D eigenvalue weighted by Gasteiger charge is -2.33. The Balaban J connectivity index is 4.68. The van der Waals surface area contributed by atoms with Gasteiger partial charge in [-0.05, 0) is 0 Å². The van der Waals surface area contributed by atoms with Gasteiger partial charge in [-0.2, -0.15) is 0 Å². The van der Waals surface area contributed by atoms with Gasteiger partial charge in [-0.25, -0.2) is 0 Å². The SMILES string of the molecule is C[B]N(CC(O)C(O)C(O)C(O)CO)CC(O)C(O)C(O)C(O)CO. The van der Waals surface area contributed by atoms with Gasteiger partial charge in [-0.1, -0.05) is 6.82 Å². The molecule has 8 unspecified atom stereocenters. The van der Waals surface area contributed by atoms with Crippen LogP contribution in [0.5, 0.6) is 0 Å². The molecule has 149 valence electrons. The zero-order chi connectivity index (χ0) is 19.7. The smallest absolute Gasteiger partial charge is 0.205 e. The largest absolute Gasteiger partial charge is 0.394 e. The fourth-order valence-electron chi connectivity index (χ4n) is 2.11. The van der Waals surface area contributed by atoms with E-state index in [1.165, 1.54) is 19.0 Å². The molecule has 0 saturated carbocycles. The van der Waals surface area contributed by atoms with Crippen LogP contribution < -0.4 is 0 Å². The molecule has 0 rings (SSSR count). The van der Waals surface area contributed by atoms with E-state index in [1.807, 2.05) is 0 Å². The predicted molar refractivity (Wildman–Crippen MR) is 85.4 cm³/mol. The first-order valence-corrected chi connectivity index (χ1v) is 7.80. The van der Waals surface area contributed by atoms with Crippen molar-refractivity contribution in [2.45, 2.75) is 55.7 Å². The molecule has 0 aromatic heterocycles. The Morgan fingerprint density at radius 3 is 1.12 bits per heavy atom. The molecule has 0 aromatic carbocycles. The Kier molecular flexibility index (Phi) is 11.9. The van der Waals surface area contributed by atoms with Crippen LogP contribution in [0.4, 0.5) is 0 Å². The maximum absolute atomic E-state index is 9.89. The second kappa shape index (κ2) is 12.1. The quantitative estimate of drug-likeness (QED) is 0.138. The van der Waals surface area contributed by atoms with Crippen LogP contribution in [0, 0.1) is 0 Å². The lowest BCUT2D eigenvalue weighted by atomic mass is 9.91. The molecule has 8 atom stereocenters. The lowest BCUT2D eigenvalue weighted by molar-refractivity contribution is -0.125. The standard InChI is InChI=1S/C13H29BNO10/c1-14-15(2-6(18)10(22)12(24)8(20)4-16)3-7(19)11(23)13(25)9(21)5-17/h6-13,16-25H,2-5H2,1H3. The van der Waals surface area contributed by atoms with Gasteiger partial charge in [0.1, 0.15) is 36.6 Å². The molecule has 0 aliphatic rings. The molecule has 12 heteroatoms. The van der Waals surface area contributed by atoms with Crippen molar-refractivity contribution in [2.75, 3.05) is 26.3 Å². The monoisotopic (exact) mass is 370 g/mol.